The minimum atomic E-state index is -0.0460. The molecule has 0 radical (unpaired) electrons. The zero-order valence-corrected chi connectivity index (χ0v) is 6.83. The highest BCUT2D eigenvalue weighted by molar-refractivity contribution is 5.60. The topological polar surface area (TPSA) is 20.3 Å². The Morgan fingerprint density at radius 3 is 2.36 bits per heavy atom. The summed E-state index contributed by atoms with van der Waals surface area (Å²) in [6.07, 6.45) is 6.44. The van der Waals surface area contributed by atoms with Crippen molar-refractivity contribution in [3.63, 3.8) is 0 Å². The molecule has 1 fully saturated rings. The second-order valence-corrected chi connectivity index (χ2v) is 2.96. The number of rotatable bonds is 3. The molecule has 2 heteroatoms. The zero-order chi connectivity index (χ0) is 8.10. The average molecular weight is 153 g/mol. The number of aldehydes is 1. The Hall–Kier alpha value is -0.630. The first kappa shape index (κ1) is 8.47. The van der Waals surface area contributed by atoms with Gasteiger partial charge in [0.15, 0.2) is 0 Å². The van der Waals surface area contributed by atoms with E-state index in [9.17, 15) is 4.79 Å². The maximum Gasteiger partial charge on any atom is 0.141 e. The van der Waals surface area contributed by atoms with Crippen molar-refractivity contribution in [2.24, 2.45) is 0 Å². The molecule has 0 aromatic carbocycles. The average Bonchev–Trinajstić information content (AvgIpc) is 2.09. The van der Waals surface area contributed by atoms with Crippen LogP contribution in [0.5, 0.6) is 0 Å². The smallest absolute Gasteiger partial charge is 0.141 e. The van der Waals surface area contributed by atoms with Gasteiger partial charge >= 0.3 is 0 Å². The van der Waals surface area contributed by atoms with E-state index in [0.717, 1.165) is 19.4 Å². The number of hydrogen-bond acceptors (Lipinski definition) is 2. The lowest BCUT2D eigenvalue weighted by molar-refractivity contribution is -0.111. The summed E-state index contributed by atoms with van der Waals surface area (Å²) in [5.74, 6) is 0. The first-order valence-corrected chi connectivity index (χ1v) is 4.20. The Bertz CT molecular complexity index is 130. The molecule has 0 aromatic heterocycles. The molecule has 2 nitrogen and oxygen atoms in total. The van der Waals surface area contributed by atoms with Gasteiger partial charge in [-0.2, -0.15) is 0 Å². The number of hydrogen-bond donors (Lipinski definition) is 0. The quantitative estimate of drug-likeness (QED) is 0.449. The van der Waals surface area contributed by atoms with Crippen LogP contribution in [-0.4, -0.2) is 30.3 Å². The third kappa shape index (κ3) is 2.15. The van der Waals surface area contributed by atoms with Crippen LogP contribution in [0.15, 0.2) is 12.7 Å². The summed E-state index contributed by atoms with van der Waals surface area (Å²) in [7, 11) is 0. The Labute approximate surface area is 67.9 Å². The third-order valence-electron chi connectivity index (χ3n) is 2.19. The van der Waals surface area contributed by atoms with E-state index in [1.54, 1.807) is 6.08 Å². The van der Waals surface area contributed by atoms with Gasteiger partial charge in [-0.25, -0.2) is 0 Å². The lowest BCUT2D eigenvalue weighted by Gasteiger charge is -2.29. The standard InChI is InChI=1S/C9H15NO/c1-2-9(8-11)10-6-4-3-5-7-10/h2,8-9H,1,3-7H2. The second kappa shape index (κ2) is 4.29. The summed E-state index contributed by atoms with van der Waals surface area (Å²) in [4.78, 5) is 12.7. The molecule has 0 N–H and O–H groups in total. The molecule has 0 amide bonds. The van der Waals surface area contributed by atoms with E-state index >= 15 is 0 Å². The number of carbonyl (C=O) groups is 1. The van der Waals surface area contributed by atoms with Gasteiger partial charge in [0.25, 0.3) is 0 Å². The van der Waals surface area contributed by atoms with Crippen molar-refractivity contribution < 1.29 is 4.79 Å². The molecule has 0 spiro atoms. The first-order chi connectivity index (χ1) is 5.38. The van der Waals surface area contributed by atoms with Crippen molar-refractivity contribution in [3.05, 3.63) is 12.7 Å². The molecule has 1 aliphatic rings. The largest absolute Gasteiger partial charge is 0.301 e. The van der Waals surface area contributed by atoms with Gasteiger partial charge in [-0.15, -0.1) is 6.58 Å². The minimum absolute atomic E-state index is 0.0460. The molecule has 0 aliphatic carbocycles. The molecule has 1 saturated heterocycles. The fourth-order valence-corrected chi connectivity index (χ4v) is 1.51. The summed E-state index contributed by atoms with van der Waals surface area (Å²) < 4.78 is 0. The fourth-order valence-electron chi connectivity index (χ4n) is 1.51. The third-order valence-corrected chi connectivity index (χ3v) is 2.19. The highest BCUT2D eigenvalue weighted by atomic mass is 16.1. The van der Waals surface area contributed by atoms with Gasteiger partial charge in [0.2, 0.25) is 0 Å². The van der Waals surface area contributed by atoms with Crippen LogP contribution >= 0.6 is 0 Å². The maximum atomic E-state index is 10.5. The molecule has 1 atom stereocenters. The van der Waals surface area contributed by atoms with Gasteiger partial charge in [-0.1, -0.05) is 12.5 Å². The van der Waals surface area contributed by atoms with Gasteiger partial charge in [-0.3, -0.25) is 4.90 Å². The van der Waals surface area contributed by atoms with Crippen molar-refractivity contribution in [3.8, 4) is 0 Å². The second-order valence-electron chi connectivity index (χ2n) is 2.96. The van der Waals surface area contributed by atoms with Crippen LogP contribution in [0.3, 0.4) is 0 Å². The van der Waals surface area contributed by atoms with Crippen molar-refractivity contribution in [1.29, 1.82) is 0 Å². The fraction of sp³-hybridized carbons (Fsp3) is 0.667. The van der Waals surface area contributed by atoms with Gasteiger partial charge in [0, 0.05) is 0 Å². The van der Waals surface area contributed by atoms with Gasteiger partial charge in [0.05, 0.1) is 6.04 Å². The van der Waals surface area contributed by atoms with Crippen molar-refractivity contribution in [2.75, 3.05) is 13.1 Å². The first-order valence-electron chi connectivity index (χ1n) is 4.20. The zero-order valence-electron chi connectivity index (χ0n) is 6.83. The molecule has 0 saturated carbocycles. The molecule has 0 bridgehead atoms. The Balaban J connectivity index is 2.42. The monoisotopic (exact) mass is 153 g/mol. The number of likely N-dealkylation sites (tertiary alicyclic amines) is 1. The van der Waals surface area contributed by atoms with E-state index in [-0.39, 0.29) is 6.04 Å². The summed E-state index contributed by atoms with van der Waals surface area (Å²) in [6.45, 7) is 5.74. The van der Waals surface area contributed by atoms with Gasteiger partial charge < -0.3 is 4.79 Å². The van der Waals surface area contributed by atoms with E-state index in [1.165, 1.54) is 19.3 Å². The molecule has 1 aliphatic heterocycles. The van der Waals surface area contributed by atoms with Crippen LogP contribution in [0.25, 0.3) is 0 Å². The summed E-state index contributed by atoms with van der Waals surface area (Å²) in [5, 5.41) is 0. The van der Waals surface area contributed by atoms with Crippen molar-refractivity contribution in [1.82, 2.24) is 4.90 Å². The number of nitrogens with zero attached hydrogens (tertiary/aromatic N) is 1. The van der Waals surface area contributed by atoms with E-state index in [1.807, 2.05) is 0 Å². The van der Waals surface area contributed by atoms with E-state index in [2.05, 4.69) is 11.5 Å². The lowest BCUT2D eigenvalue weighted by Crippen LogP contribution is -2.38. The molecular weight excluding hydrogens is 138 g/mol. The Kier molecular flexibility index (Phi) is 3.30. The highest BCUT2D eigenvalue weighted by Gasteiger charge is 2.16. The summed E-state index contributed by atoms with van der Waals surface area (Å²) >= 11 is 0. The molecule has 0 aromatic rings. The molecule has 1 unspecified atom stereocenters. The van der Waals surface area contributed by atoms with Crippen LogP contribution in [0.1, 0.15) is 19.3 Å². The van der Waals surface area contributed by atoms with Crippen LogP contribution < -0.4 is 0 Å². The molecule has 1 heterocycles. The number of piperidine rings is 1. The van der Waals surface area contributed by atoms with Crippen LogP contribution in [0, 0.1) is 0 Å². The lowest BCUT2D eigenvalue weighted by atomic mass is 10.1. The number of carbonyl (C=O) groups excluding carboxylic acids is 1. The molecular formula is C9H15NO. The Morgan fingerprint density at radius 2 is 1.91 bits per heavy atom. The maximum absolute atomic E-state index is 10.5. The predicted molar refractivity (Wildman–Crippen MR) is 45.5 cm³/mol. The summed E-state index contributed by atoms with van der Waals surface area (Å²) in [5.41, 5.74) is 0. The van der Waals surface area contributed by atoms with E-state index < -0.39 is 0 Å². The van der Waals surface area contributed by atoms with Gasteiger partial charge in [-0.05, 0) is 25.9 Å². The normalized spacial score (nSPS) is 22.5. The predicted octanol–water partition coefficient (Wildman–Crippen LogP) is 1.23. The van der Waals surface area contributed by atoms with Crippen LogP contribution in [0.2, 0.25) is 0 Å². The summed E-state index contributed by atoms with van der Waals surface area (Å²) in [6, 6.07) is -0.0460. The van der Waals surface area contributed by atoms with E-state index in [4.69, 9.17) is 0 Å². The Morgan fingerprint density at radius 1 is 1.27 bits per heavy atom. The molecule has 1 rings (SSSR count). The van der Waals surface area contributed by atoms with Gasteiger partial charge in [0.1, 0.15) is 6.29 Å². The highest BCUT2D eigenvalue weighted by Crippen LogP contribution is 2.11. The van der Waals surface area contributed by atoms with Crippen molar-refractivity contribution in [2.45, 2.75) is 25.3 Å². The SMILES string of the molecule is C=CC(C=O)N1CCCCC1. The van der Waals surface area contributed by atoms with E-state index in [0.29, 0.717) is 0 Å². The van der Waals surface area contributed by atoms with Crippen molar-refractivity contribution >= 4 is 6.29 Å². The molecule has 11 heavy (non-hydrogen) atoms. The minimum Gasteiger partial charge on any atom is -0.301 e. The molecule has 62 valence electrons. The van der Waals surface area contributed by atoms with Crippen LogP contribution in [-0.2, 0) is 4.79 Å². The van der Waals surface area contributed by atoms with Crippen LogP contribution in [0.4, 0.5) is 0 Å².